The fraction of sp³-hybridized carbons (Fsp3) is 0. The predicted octanol–water partition coefficient (Wildman–Crippen LogP) is 1.75. The summed E-state index contributed by atoms with van der Waals surface area (Å²) in [5, 5.41) is 4.18. The first-order valence-corrected chi connectivity index (χ1v) is 6.71. The zero-order valence-corrected chi connectivity index (χ0v) is 8.53. The summed E-state index contributed by atoms with van der Waals surface area (Å²) in [7, 11) is -1.88. The van der Waals surface area contributed by atoms with E-state index in [0.29, 0.717) is 0 Å². The highest BCUT2D eigenvalue weighted by molar-refractivity contribution is 7.01. The van der Waals surface area contributed by atoms with Crippen molar-refractivity contribution in [3.05, 3.63) is 59.0 Å². The molecule has 0 aromatic heterocycles. The highest BCUT2D eigenvalue weighted by Crippen LogP contribution is 2.40. The van der Waals surface area contributed by atoms with Crippen molar-refractivity contribution in [3.8, 4) is 5.75 Å². The third kappa shape index (κ3) is 0.544. The highest BCUT2D eigenvalue weighted by atomic mass is 28.4. The summed E-state index contributed by atoms with van der Waals surface area (Å²) in [6.45, 7) is 0. The summed E-state index contributed by atoms with van der Waals surface area (Å²) in [6.07, 6.45) is 8.82. The molecule has 1 aromatic carbocycles. The van der Waals surface area contributed by atoms with Gasteiger partial charge < -0.3 is 4.43 Å². The minimum Gasteiger partial charge on any atom is -0.530 e. The smallest absolute Gasteiger partial charge is 0.346 e. The van der Waals surface area contributed by atoms with Crippen LogP contribution in [0, 0.1) is 0 Å². The molecule has 4 aliphatic heterocycles. The Morgan fingerprint density at radius 2 is 1.50 bits per heavy atom. The van der Waals surface area contributed by atoms with Crippen LogP contribution in [0.15, 0.2) is 59.0 Å². The van der Waals surface area contributed by atoms with Crippen LogP contribution in [0.4, 0.5) is 0 Å². The lowest BCUT2D eigenvalue weighted by atomic mass is 10.3. The Morgan fingerprint density at radius 1 is 0.857 bits per heavy atom. The Morgan fingerprint density at radius 3 is 1.93 bits per heavy atom. The number of hydrogen-bond acceptors (Lipinski definition) is 1. The van der Waals surface area contributed by atoms with Gasteiger partial charge in [0.25, 0.3) is 0 Å². The molecular weight excluding hydrogens is 188 g/mol. The van der Waals surface area contributed by atoms with E-state index in [1.807, 2.05) is 0 Å². The van der Waals surface area contributed by atoms with E-state index in [1.165, 1.54) is 15.6 Å². The molecule has 1 aromatic rings. The fourth-order valence-electron chi connectivity index (χ4n) is 2.55. The van der Waals surface area contributed by atoms with Gasteiger partial charge in [0.15, 0.2) is 0 Å². The first kappa shape index (κ1) is 6.84. The molecule has 0 radical (unpaired) electrons. The van der Waals surface area contributed by atoms with Gasteiger partial charge in [-0.2, -0.15) is 0 Å². The van der Waals surface area contributed by atoms with Gasteiger partial charge >= 0.3 is 8.32 Å². The van der Waals surface area contributed by atoms with Crippen molar-refractivity contribution >= 4 is 13.5 Å². The van der Waals surface area contributed by atoms with Crippen molar-refractivity contribution < 1.29 is 4.43 Å². The lowest BCUT2D eigenvalue weighted by Gasteiger charge is -2.33. The number of allylic oxidation sites excluding steroid dienone is 6. The van der Waals surface area contributed by atoms with E-state index in [0.717, 1.165) is 5.75 Å². The largest absolute Gasteiger partial charge is 0.530 e. The molecule has 1 nitrogen and oxygen atoms in total. The molecule has 14 heavy (non-hydrogen) atoms. The van der Waals surface area contributed by atoms with Crippen molar-refractivity contribution in [2.24, 2.45) is 0 Å². The number of fused-ring (bicyclic) bond motifs is 2. The molecule has 0 atom stereocenters. The maximum Gasteiger partial charge on any atom is 0.346 e. The molecule has 0 aliphatic carbocycles. The predicted molar refractivity (Wildman–Crippen MR) is 57.8 cm³/mol. The van der Waals surface area contributed by atoms with E-state index >= 15 is 0 Å². The van der Waals surface area contributed by atoms with Gasteiger partial charge in [-0.05, 0) is 27.7 Å². The Bertz CT molecular complexity index is 498. The molecule has 0 fully saturated rings. The lowest BCUT2D eigenvalue weighted by molar-refractivity contribution is 0.565. The third-order valence-electron chi connectivity index (χ3n) is 3.23. The molecule has 0 amide bonds. The van der Waals surface area contributed by atoms with Crippen LogP contribution in [-0.2, 0) is 0 Å². The summed E-state index contributed by atoms with van der Waals surface area (Å²) < 4.78 is 6.17. The van der Waals surface area contributed by atoms with Crippen LogP contribution in [0.1, 0.15) is 0 Å². The standard InChI is InChI=1S/C12H8OSi/c1-3-10-4-2-9(1)13-14(10)11-5-6-12(14)8-7-11/h1-8H. The maximum atomic E-state index is 6.17. The van der Waals surface area contributed by atoms with Gasteiger partial charge in [0.1, 0.15) is 5.75 Å². The quantitative estimate of drug-likeness (QED) is 0.574. The third-order valence-corrected chi connectivity index (χ3v) is 7.21. The normalized spacial score (nSPS) is 22.6. The topological polar surface area (TPSA) is 9.23 Å². The summed E-state index contributed by atoms with van der Waals surface area (Å²) in [5.74, 6) is 1.02. The molecule has 0 N–H and O–H groups in total. The molecule has 2 heteroatoms. The minimum atomic E-state index is -1.88. The van der Waals surface area contributed by atoms with E-state index in [4.69, 9.17) is 4.43 Å². The monoisotopic (exact) mass is 196 g/mol. The second-order valence-corrected chi connectivity index (χ2v) is 7.18. The van der Waals surface area contributed by atoms with Gasteiger partial charge in [-0.1, -0.05) is 36.4 Å². The van der Waals surface area contributed by atoms with Crippen LogP contribution in [0.25, 0.3) is 0 Å². The van der Waals surface area contributed by atoms with Crippen LogP contribution in [-0.4, -0.2) is 8.32 Å². The molecule has 4 bridgehead atoms. The van der Waals surface area contributed by atoms with E-state index in [1.54, 1.807) is 0 Å². The van der Waals surface area contributed by atoms with E-state index in [2.05, 4.69) is 48.6 Å². The summed E-state index contributed by atoms with van der Waals surface area (Å²) >= 11 is 0. The van der Waals surface area contributed by atoms with Crippen LogP contribution in [0.3, 0.4) is 0 Å². The Balaban J connectivity index is 2.07. The minimum absolute atomic E-state index is 1.02. The highest BCUT2D eigenvalue weighted by Gasteiger charge is 2.52. The number of rotatable bonds is 0. The molecule has 0 unspecified atom stereocenters. The fourth-order valence-corrected chi connectivity index (χ4v) is 6.30. The van der Waals surface area contributed by atoms with E-state index in [9.17, 15) is 0 Å². The van der Waals surface area contributed by atoms with Gasteiger partial charge in [0, 0.05) is 0 Å². The van der Waals surface area contributed by atoms with E-state index < -0.39 is 8.32 Å². The number of benzene rings is 1. The first-order chi connectivity index (χ1) is 6.89. The second-order valence-electron chi connectivity index (χ2n) is 3.88. The Labute approximate surface area is 83.2 Å². The summed E-state index contributed by atoms with van der Waals surface area (Å²) in [4.78, 5) is 0. The van der Waals surface area contributed by atoms with Crippen molar-refractivity contribution in [1.29, 1.82) is 0 Å². The molecular formula is C12H8OSi. The van der Waals surface area contributed by atoms with Gasteiger partial charge in [0.05, 0.1) is 0 Å². The van der Waals surface area contributed by atoms with Crippen molar-refractivity contribution in [2.45, 2.75) is 0 Å². The van der Waals surface area contributed by atoms with Gasteiger partial charge in [-0.25, -0.2) is 0 Å². The SMILES string of the molecule is C1=CC2=CC=C1[Si]21Oc2ccc1cc2. The lowest BCUT2D eigenvalue weighted by Crippen LogP contribution is -2.56. The Kier molecular flexibility index (Phi) is 0.945. The average molecular weight is 196 g/mol. The molecule has 4 heterocycles. The van der Waals surface area contributed by atoms with Crippen LogP contribution in [0.5, 0.6) is 5.75 Å². The zero-order valence-electron chi connectivity index (χ0n) is 7.53. The molecule has 0 saturated carbocycles. The van der Waals surface area contributed by atoms with Crippen molar-refractivity contribution in [3.63, 3.8) is 0 Å². The molecule has 0 saturated heterocycles. The van der Waals surface area contributed by atoms with E-state index in [-0.39, 0.29) is 0 Å². The number of hydrogen-bond donors (Lipinski definition) is 0. The van der Waals surface area contributed by atoms with Crippen molar-refractivity contribution in [2.75, 3.05) is 0 Å². The molecule has 1 spiro atoms. The zero-order chi connectivity index (χ0) is 9.17. The van der Waals surface area contributed by atoms with Gasteiger partial charge in [0.2, 0.25) is 0 Å². The van der Waals surface area contributed by atoms with Crippen LogP contribution >= 0.6 is 0 Å². The van der Waals surface area contributed by atoms with Crippen LogP contribution in [0.2, 0.25) is 0 Å². The van der Waals surface area contributed by atoms with Gasteiger partial charge in [-0.15, -0.1) is 0 Å². The summed E-state index contributed by atoms with van der Waals surface area (Å²) in [6, 6.07) is 8.55. The van der Waals surface area contributed by atoms with Gasteiger partial charge in [-0.3, -0.25) is 0 Å². The molecule has 66 valence electrons. The Hall–Kier alpha value is -1.54. The first-order valence-electron chi connectivity index (χ1n) is 4.80. The average Bonchev–Trinajstić information content (AvgIpc) is 2.75. The second kappa shape index (κ2) is 1.93. The summed E-state index contributed by atoms with van der Waals surface area (Å²) in [5.41, 5.74) is 0. The van der Waals surface area contributed by atoms with Crippen molar-refractivity contribution in [1.82, 2.24) is 0 Å². The molecule has 4 aliphatic rings. The van der Waals surface area contributed by atoms with Crippen LogP contribution < -0.4 is 9.61 Å². The maximum absolute atomic E-state index is 6.17. The molecule has 5 rings (SSSR count).